The highest BCUT2D eigenvalue weighted by atomic mass is 16.5. The molecule has 1 atom stereocenters. The lowest BCUT2D eigenvalue weighted by atomic mass is 9.92. The van der Waals surface area contributed by atoms with E-state index >= 15 is 0 Å². The van der Waals surface area contributed by atoms with Crippen molar-refractivity contribution in [3.63, 3.8) is 0 Å². The maximum Gasteiger partial charge on any atom is 0.297 e. The first-order valence-corrected chi connectivity index (χ1v) is 6.36. The normalized spacial score (nSPS) is 19.8. The Labute approximate surface area is 118 Å². The summed E-state index contributed by atoms with van der Waals surface area (Å²) in [7, 11) is 1.41. The Kier molecular flexibility index (Phi) is 3.52. The van der Waals surface area contributed by atoms with Gasteiger partial charge < -0.3 is 9.84 Å². The first-order valence-electron chi connectivity index (χ1n) is 6.36. The minimum atomic E-state index is -1.06. The molecule has 1 aromatic heterocycles. The summed E-state index contributed by atoms with van der Waals surface area (Å²) in [5.41, 5.74) is 1.11. The third-order valence-electron chi connectivity index (χ3n) is 3.28. The van der Waals surface area contributed by atoms with Gasteiger partial charge in [0.2, 0.25) is 0 Å². The van der Waals surface area contributed by atoms with Gasteiger partial charge in [0, 0.05) is 17.1 Å². The van der Waals surface area contributed by atoms with Crippen molar-refractivity contribution in [3.05, 3.63) is 29.4 Å². The molecule has 1 N–H and O–H groups in total. The molecular weight excluding hydrogens is 258 g/mol. The van der Waals surface area contributed by atoms with Crippen LogP contribution in [0, 0.1) is 0 Å². The molecule has 6 nitrogen and oxygen atoms in total. The molecule has 6 heteroatoms. The molecule has 0 radical (unpaired) electrons. The van der Waals surface area contributed by atoms with E-state index in [0.717, 1.165) is 5.69 Å². The molecule has 0 saturated heterocycles. The van der Waals surface area contributed by atoms with Crippen LogP contribution in [0.15, 0.2) is 23.7 Å². The second-order valence-electron chi connectivity index (χ2n) is 5.78. The molecule has 1 aliphatic heterocycles. The van der Waals surface area contributed by atoms with Crippen LogP contribution in [0.5, 0.6) is 0 Å². The Balaban J connectivity index is 2.42. The number of nitrogens with zero attached hydrogens (tertiary/aromatic N) is 3. The predicted molar refractivity (Wildman–Crippen MR) is 73.9 cm³/mol. The van der Waals surface area contributed by atoms with Crippen LogP contribution in [0.4, 0.5) is 5.82 Å². The Morgan fingerprint density at radius 3 is 2.50 bits per heavy atom. The summed E-state index contributed by atoms with van der Waals surface area (Å²) in [5, 5.41) is 10.2. The predicted octanol–water partition coefficient (Wildman–Crippen LogP) is 1.36. The van der Waals surface area contributed by atoms with Gasteiger partial charge in [-0.15, -0.1) is 0 Å². The number of carbonyl (C=O) groups excluding carboxylic acids is 1. The number of amides is 1. The van der Waals surface area contributed by atoms with Gasteiger partial charge in [0.1, 0.15) is 12.1 Å². The fourth-order valence-electron chi connectivity index (χ4n) is 2.07. The SMILES string of the molecule is COC1=C(C)C(O)N(c2cc(C(C)(C)C)ncn2)C1=O. The Morgan fingerprint density at radius 1 is 1.35 bits per heavy atom. The minimum absolute atomic E-state index is 0.161. The fraction of sp³-hybridized carbons (Fsp3) is 0.500. The number of ether oxygens (including phenoxy) is 1. The average Bonchev–Trinajstić information content (AvgIpc) is 2.59. The summed E-state index contributed by atoms with van der Waals surface area (Å²) in [5.74, 6) is 0.137. The topological polar surface area (TPSA) is 75.6 Å². The number of carbonyl (C=O) groups is 1. The van der Waals surface area contributed by atoms with Crippen LogP contribution in [0.25, 0.3) is 0 Å². The van der Waals surface area contributed by atoms with Crippen molar-refractivity contribution in [1.82, 2.24) is 9.97 Å². The van der Waals surface area contributed by atoms with Crippen molar-refractivity contribution in [2.75, 3.05) is 12.0 Å². The molecular formula is C14H19N3O3. The van der Waals surface area contributed by atoms with Gasteiger partial charge in [0.25, 0.3) is 5.91 Å². The second kappa shape index (κ2) is 4.86. The summed E-state index contributed by atoms with van der Waals surface area (Å²) >= 11 is 0. The van der Waals surface area contributed by atoms with Crippen LogP contribution in [-0.4, -0.2) is 34.3 Å². The molecule has 0 saturated carbocycles. The van der Waals surface area contributed by atoms with E-state index in [-0.39, 0.29) is 11.2 Å². The number of aromatic nitrogens is 2. The molecule has 0 aromatic carbocycles. The molecule has 0 fully saturated rings. The van der Waals surface area contributed by atoms with Crippen LogP contribution < -0.4 is 4.90 Å². The van der Waals surface area contributed by atoms with Crippen LogP contribution in [0.1, 0.15) is 33.4 Å². The average molecular weight is 277 g/mol. The molecule has 0 bridgehead atoms. The number of methoxy groups -OCH3 is 1. The highest BCUT2D eigenvalue weighted by Crippen LogP contribution is 2.30. The molecule has 2 rings (SSSR count). The standard InChI is InChI=1S/C14H19N3O3/c1-8-11(20-5)13(19)17(12(8)18)10-6-9(14(2,3)4)15-7-16-10/h6-7,12,18H,1-5H3. The molecule has 20 heavy (non-hydrogen) atoms. The van der Waals surface area contributed by atoms with E-state index in [1.54, 1.807) is 13.0 Å². The molecule has 1 amide bonds. The number of anilines is 1. The first kappa shape index (κ1) is 14.5. The Hall–Kier alpha value is -1.95. The van der Waals surface area contributed by atoms with E-state index in [1.165, 1.54) is 18.3 Å². The number of hydrogen-bond donors (Lipinski definition) is 1. The number of aliphatic hydroxyl groups excluding tert-OH is 1. The van der Waals surface area contributed by atoms with Crippen molar-refractivity contribution in [2.45, 2.75) is 39.3 Å². The van der Waals surface area contributed by atoms with Gasteiger partial charge in [-0.3, -0.25) is 9.69 Å². The first-order chi connectivity index (χ1) is 9.27. The second-order valence-corrected chi connectivity index (χ2v) is 5.78. The fourth-order valence-corrected chi connectivity index (χ4v) is 2.07. The van der Waals surface area contributed by atoms with Gasteiger partial charge in [0.15, 0.2) is 12.0 Å². The Morgan fingerprint density at radius 2 is 2.00 bits per heavy atom. The van der Waals surface area contributed by atoms with E-state index in [9.17, 15) is 9.90 Å². The van der Waals surface area contributed by atoms with Crippen LogP contribution in [-0.2, 0) is 14.9 Å². The molecule has 1 aromatic rings. The lowest BCUT2D eigenvalue weighted by Gasteiger charge is -2.23. The molecule has 1 aliphatic rings. The number of rotatable bonds is 2. The van der Waals surface area contributed by atoms with Gasteiger partial charge in [0.05, 0.1) is 12.8 Å². The van der Waals surface area contributed by atoms with Gasteiger partial charge in [-0.05, 0) is 6.92 Å². The van der Waals surface area contributed by atoms with Gasteiger partial charge in [-0.1, -0.05) is 20.8 Å². The molecule has 0 spiro atoms. The molecule has 108 valence electrons. The summed E-state index contributed by atoms with van der Waals surface area (Å²) in [6.07, 6.45) is 0.343. The largest absolute Gasteiger partial charge is 0.491 e. The van der Waals surface area contributed by atoms with E-state index in [4.69, 9.17) is 4.74 Å². The van der Waals surface area contributed by atoms with Crippen molar-refractivity contribution in [3.8, 4) is 0 Å². The Bertz CT molecular complexity index is 575. The highest BCUT2D eigenvalue weighted by Gasteiger charge is 2.39. The maximum atomic E-state index is 12.2. The van der Waals surface area contributed by atoms with Crippen LogP contribution in [0.2, 0.25) is 0 Å². The van der Waals surface area contributed by atoms with Gasteiger partial charge in [-0.25, -0.2) is 9.97 Å². The van der Waals surface area contributed by atoms with Crippen LogP contribution in [0.3, 0.4) is 0 Å². The monoisotopic (exact) mass is 277 g/mol. The lowest BCUT2D eigenvalue weighted by molar-refractivity contribution is -0.118. The summed E-state index contributed by atoms with van der Waals surface area (Å²) in [4.78, 5) is 21.8. The van der Waals surface area contributed by atoms with Crippen molar-refractivity contribution < 1.29 is 14.6 Å². The minimum Gasteiger partial charge on any atom is -0.491 e. The maximum absolute atomic E-state index is 12.2. The highest BCUT2D eigenvalue weighted by molar-refractivity contribution is 6.07. The quantitative estimate of drug-likeness (QED) is 0.883. The van der Waals surface area contributed by atoms with E-state index < -0.39 is 12.1 Å². The zero-order valence-corrected chi connectivity index (χ0v) is 12.3. The van der Waals surface area contributed by atoms with Gasteiger partial charge in [-0.2, -0.15) is 0 Å². The third-order valence-corrected chi connectivity index (χ3v) is 3.28. The summed E-state index contributed by atoms with van der Waals surface area (Å²) in [6, 6.07) is 1.72. The van der Waals surface area contributed by atoms with E-state index in [0.29, 0.717) is 11.4 Å². The molecule has 1 unspecified atom stereocenters. The molecule has 2 heterocycles. The summed E-state index contributed by atoms with van der Waals surface area (Å²) in [6.45, 7) is 7.72. The summed E-state index contributed by atoms with van der Waals surface area (Å²) < 4.78 is 5.04. The number of aliphatic hydroxyl groups is 1. The third kappa shape index (κ3) is 2.27. The number of hydrogen-bond acceptors (Lipinski definition) is 5. The van der Waals surface area contributed by atoms with E-state index in [1.807, 2.05) is 20.8 Å². The van der Waals surface area contributed by atoms with Gasteiger partial charge >= 0.3 is 0 Å². The lowest BCUT2D eigenvalue weighted by Crippen LogP contribution is -2.36. The van der Waals surface area contributed by atoms with Crippen molar-refractivity contribution in [1.29, 1.82) is 0 Å². The van der Waals surface area contributed by atoms with E-state index in [2.05, 4.69) is 9.97 Å². The molecule has 0 aliphatic carbocycles. The van der Waals surface area contributed by atoms with Crippen molar-refractivity contribution >= 4 is 11.7 Å². The zero-order valence-electron chi connectivity index (χ0n) is 12.3. The van der Waals surface area contributed by atoms with Crippen LogP contribution >= 0.6 is 0 Å². The van der Waals surface area contributed by atoms with Crippen molar-refractivity contribution in [2.24, 2.45) is 0 Å². The smallest absolute Gasteiger partial charge is 0.297 e. The zero-order chi connectivity index (χ0) is 15.1.